The molecule has 142 valence electrons. The lowest BCUT2D eigenvalue weighted by molar-refractivity contribution is -0.125. The largest absolute Gasteiger partial charge is 0.356 e. The van der Waals surface area contributed by atoms with Crippen molar-refractivity contribution in [3.05, 3.63) is 47.5 Å². The third kappa shape index (κ3) is 4.08. The average Bonchev–Trinajstić information content (AvgIpc) is 2.71. The van der Waals surface area contributed by atoms with Crippen LogP contribution in [0.25, 0.3) is 16.3 Å². The Balaban J connectivity index is 1.45. The predicted octanol–water partition coefficient (Wildman–Crippen LogP) is 5.98. The molecule has 1 fully saturated rings. The number of amides is 1. The molecule has 4 rings (SSSR count). The van der Waals surface area contributed by atoms with E-state index in [2.05, 4.69) is 48.6 Å². The number of benzene rings is 2. The van der Waals surface area contributed by atoms with Crippen LogP contribution < -0.4 is 5.32 Å². The summed E-state index contributed by atoms with van der Waals surface area (Å²) in [7, 11) is 0. The molecule has 2 aromatic carbocycles. The number of aryl methyl sites for hydroxylation is 1. The van der Waals surface area contributed by atoms with Crippen molar-refractivity contribution in [2.24, 2.45) is 5.92 Å². The number of fused-ring (bicyclic) bond motifs is 3. The van der Waals surface area contributed by atoms with E-state index in [1.165, 1.54) is 51.6 Å². The Labute approximate surface area is 166 Å². The molecule has 2 nitrogen and oxygen atoms in total. The predicted molar refractivity (Wildman–Crippen MR) is 116 cm³/mol. The Kier molecular flexibility index (Phi) is 5.87. The van der Waals surface area contributed by atoms with Crippen LogP contribution in [0.2, 0.25) is 0 Å². The molecule has 1 N–H and O–H groups in total. The molecule has 1 amide bonds. The summed E-state index contributed by atoms with van der Waals surface area (Å²) in [6.07, 6.45) is 10.2. The molecule has 3 heteroatoms. The molecule has 2 aromatic rings. The second-order valence-electron chi connectivity index (χ2n) is 7.88. The van der Waals surface area contributed by atoms with Crippen molar-refractivity contribution in [2.75, 3.05) is 12.3 Å². The highest BCUT2D eigenvalue weighted by Crippen LogP contribution is 2.39. The maximum Gasteiger partial charge on any atom is 0.223 e. The zero-order valence-corrected chi connectivity index (χ0v) is 17.0. The quantitative estimate of drug-likeness (QED) is 0.648. The minimum Gasteiger partial charge on any atom is -0.356 e. The second-order valence-corrected chi connectivity index (χ2v) is 8.94. The van der Waals surface area contributed by atoms with E-state index in [9.17, 15) is 4.79 Å². The van der Waals surface area contributed by atoms with Gasteiger partial charge < -0.3 is 5.32 Å². The molecule has 27 heavy (non-hydrogen) atoms. The molecule has 0 aromatic heterocycles. The van der Waals surface area contributed by atoms with Crippen molar-refractivity contribution >= 4 is 34.0 Å². The first kappa shape index (κ1) is 18.6. The Morgan fingerprint density at radius 3 is 2.85 bits per heavy atom. The number of rotatable bonds is 5. The molecule has 2 aliphatic rings. The lowest BCUT2D eigenvalue weighted by Gasteiger charge is -2.21. The van der Waals surface area contributed by atoms with Gasteiger partial charge >= 0.3 is 0 Å². The lowest BCUT2D eigenvalue weighted by atomic mass is 9.88. The Morgan fingerprint density at radius 2 is 2.00 bits per heavy atom. The van der Waals surface area contributed by atoms with Gasteiger partial charge in [0.1, 0.15) is 0 Å². The second kappa shape index (κ2) is 8.52. The van der Waals surface area contributed by atoms with Crippen LogP contribution in [0.15, 0.2) is 41.3 Å². The van der Waals surface area contributed by atoms with Crippen molar-refractivity contribution in [1.82, 2.24) is 5.32 Å². The van der Waals surface area contributed by atoms with Gasteiger partial charge in [-0.2, -0.15) is 0 Å². The molecule has 1 saturated carbocycles. The smallest absolute Gasteiger partial charge is 0.223 e. The van der Waals surface area contributed by atoms with Crippen molar-refractivity contribution in [3.8, 4) is 0 Å². The fourth-order valence-electron chi connectivity index (χ4n) is 4.51. The highest BCUT2D eigenvalue weighted by Gasteiger charge is 2.20. The summed E-state index contributed by atoms with van der Waals surface area (Å²) in [5, 5.41) is 5.93. The average molecular weight is 380 g/mol. The van der Waals surface area contributed by atoms with Crippen LogP contribution in [-0.4, -0.2) is 18.2 Å². The lowest BCUT2D eigenvalue weighted by Crippen LogP contribution is -2.32. The SMILES string of the molecule is CC1=CCSc2ccc3cccc(CCCNC(=O)C4CCCCC4)c3c21. The van der Waals surface area contributed by atoms with Crippen LogP contribution >= 0.6 is 11.8 Å². The summed E-state index contributed by atoms with van der Waals surface area (Å²) < 4.78 is 0. The Bertz CT molecular complexity index is 864. The van der Waals surface area contributed by atoms with Gasteiger partial charge in [0.2, 0.25) is 5.91 Å². The van der Waals surface area contributed by atoms with Gasteiger partial charge in [-0.25, -0.2) is 0 Å². The standard InChI is InChI=1S/C24H29NOS/c1-17-14-16-27-21-13-12-19-10-5-9-18(23(19)22(17)21)11-6-15-25-24(26)20-7-3-2-4-8-20/h5,9-10,12-14,20H,2-4,6-8,11,15-16H2,1H3,(H,25,26). The molecule has 0 saturated heterocycles. The van der Waals surface area contributed by atoms with Gasteiger partial charge in [0.05, 0.1) is 0 Å². The van der Waals surface area contributed by atoms with E-state index in [1.54, 1.807) is 0 Å². The first-order valence-corrected chi connectivity index (χ1v) is 11.3. The van der Waals surface area contributed by atoms with E-state index >= 15 is 0 Å². The third-order valence-electron chi connectivity index (χ3n) is 6.01. The molecular weight excluding hydrogens is 350 g/mol. The van der Waals surface area contributed by atoms with Crippen LogP contribution in [-0.2, 0) is 11.2 Å². The number of hydrogen-bond acceptors (Lipinski definition) is 2. The number of carbonyl (C=O) groups excluding carboxylic acids is 1. The summed E-state index contributed by atoms with van der Waals surface area (Å²) in [6.45, 7) is 3.02. The maximum absolute atomic E-state index is 12.3. The van der Waals surface area contributed by atoms with Gasteiger partial charge in [-0.05, 0) is 66.1 Å². The van der Waals surface area contributed by atoms with Gasteiger partial charge in [0, 0.05) is 23.1 Å². The number of nitrogens with one attached hydrogen (secondary N) is 1. The summed E-state index contributed by atoms with van der Waals surface area (Å²) in [4.78, 5) is 13.7. The van der Waals surface area contributed by atoms with Crippen molar-refractivity contribution in [2.45, 2.75) is 56.8 Å². The number of hydrogen-bond donors (Lipinski definition) is 1. The fourth-order valence-corrected chi connectivity index (χ4v) is 5.60. The molecular formula is C24H29NOS. The molecule has 0 spiro atoms. The third-order valence-corrected chi connectivity index (χ3v) is 7.00. The van der Waals surface area contributed by atoms with Crippen molar-refractivity contribution < 1.29 is 4.79 Å². The van der Waals surface area contributed by atoms with Gasteiger partial charge in [-0.3, -0.25) is 4.79 Å². The molecule has 0 unspecified atom stereocenters. The number of carbonyl (C=O) groups is 1. The summed E-state index contributed by atoms with van der Waals surface area (Å²) >= 11 is 1.93. The molecule has 0 radical (unpaired) electrons. The zero-order chi connectivity index (χ0) is 18.6. The Hall–Kier alpha value is -1.74. The van der Waals surface area contributed by atoms with Crippen LogP contribution in [0.5, 0.6) is 0 Å². The molecule has 1 heterocycles. The highest BCUT2D eigenvalue weighted by molar-refractivity contribution is 7.99. The molecule has 1 aliphatic heterocycles. The van der Waals surface area contributed by atoms with Crippen LogP contribution in [0.3, 0.4) is 0 Å². The van der Waals surface area contributed by atoms with Crippen LogP contribution in [0, 0.1) is 5.92 Å². The minimum absolute atomic E-state index is 0.258. The van der Waals surface area contributed by atoms with E-state index < -0.39 is 0 Å². The normalized spacial score (nSPS) is 17.4. The first-order chi connectivity index (χ1) is 13.2. The molecule has 0 atom stereocenters. The van der Waals surface area contributed by atoms with Gasteiger partial charge in [-0.1, -0.05) is 49.6 Å². The van der Waals surface area contributed by atoms with Gasteiger partial charge in [-0.15, -0.1) is 11.8 Å². The van der Waals surface area contributed by atoms with E-state index in [0.717, 1.165) is 38.0 Å². The molecule has 1 aliphatic carbocycles. The molecule has 0 bridgehead atoms. The van der Waals surface area contributed by atoms with E-state index in [0.29, 0.717) is 0 Å². The highest BCUT2D eigenvalue weighted by atomic mass is 32.2. The number of allylic oxidation sites excluding steroid dienone is 1. The summed E-state index contributed by atoms with van der Waals surface area (Å²) in [5.41, 5.74) is 4.23. The zero-order valence-electron chi connectivity index (χ0n) is 16.2. The summed E-state index contributed by atoms with van der Waals surface area (Å²) in [5.74, 6) is 1.60. The fraction of sp³-hybridized carbons (Fsp3) is 0.458. The minimum atomic E-state index is 0.258. The number of thioether (sulfide) groups is 1. The Morgan fingerprint density at radius 1 is 1.15 bits per heavy atom. The van der Waals surface area contributed by atoms with Crippen LogP contribution in [0.4, 0.5) is 0 Å². The van der Waals surface area contributed by atoms with E-state index in [4.69, 9.17) is 0 Å². The maximum atomic E-state index is 12.3. The van der Waals surface area contributed by atoms with Gasteiger partial charge in [0.15, 0.2) is 0 Å². The first-order valence-electron chi connectivity index (χ1n) is 10.4. The van der Waals surface area contributed by atoms with Crippen molar-refractivity contribution in [1.29, 1.82) is 0 Å². The van der Waals surface area contributed by atoms with Gasteiger partial charge in [0.25, 0.3) is 0 Å². The van der Waals surface area contributed by atoms with Crippen LogP contribution in [0.1, 0.15) is 56.6 Å². The van der Waals surface area contributed by atoms with E-state index in [1.807, 2.05) is 11.8 Å². The van der Waals surface area contributed by atoms with E-state index in [-0.39, 0.29) is 11.8 Å². The summed E-state index contributed by atoms with van der Waals surface area (Å²) in [6, 6.07) is 11.2. The van der Waals surface area contributed by atoms with Crippen molar-refractivity contribution in [3.63, 3.8) is 0 Å². The topological polar surface area (TPSA) is 29.1 Å². The monoisotopic (exact) mass is 379 g/mol.